The molecular formula is C13H22ClN3OS. The molecule has 0 aromatic carbocycles. The smallest absolute Gasteiger partial charge is 0.223 e. The number of carbonyl (C=O) groups is 1. The van der Waals surface area contributed by atoms with Gasteiger partial charge in [-0.25, -0.2) is 4.98 Å². The van der Waals surface area contributed by atoms with Crippen LogP contribution in [0, 0.1) is 19.8 Å². The molecule has 0 bridgehead atoms. The lowest BCUT2D eigenvalue weighted by Gasteiger charge is -2.21. The van der Waals surface area contributed by atoms with Crippen LogP contribution in [0.5, 0.6) is 0 Å². The monoisotopic (exact) mass is 303 g/mol. The Morgan fingerprint density at radius 3 is 2.68 bits per heavy atom. The minimum atomic E-state index is 0. The number of hydrogen-bond donors (Lipinski definition) is 2. The van der Waals surface area contributed by atoms with E-state index in [1.54, 1.807) is 11.3 Å². The summed E-state index contributed by atoms with van der Waals surface area (Å²) in [7, 11) is 0. The van der Waals surface area contributed by atoms with Crippen LogP contribution in [0.1, 0.15) is 28.4 Å². The van der Waals surface area contributed by atoms with Crippen LogP contribution >= 0.6 is 23.7 Å². The lowest BCUT2D eigenvalue weighted by molar-refractivity contribution is -0.125. The number of aromatic nitrogens is 1. The maximum absolute atomic E-state index is 11.9. The number of amides is 1. The van der Waals surface area contributed by atoms with Gasteiger partial charge >= 0.3 is 0 Å². The van der Waals surface area contributed by atoms with Crippen molar-refractivity contribution in [3.63, 3.8) is 0 Å². The summed E-state index contributed by atoms with van der Waals surface area (Å²) in [6.45, 7) is 6.71. The molecule has 1 aromatic rings. The molecule has 2 rings (SSSR count). The number of thiazole rings is 1. The zero-order valence-corrected chi connectivity index (χ0v) is 13.1. The predicted octanol–water partition coefficient (Wildman–Crippen LogP) is 1.84. The van der Waals surface area contributed by atoms with Crippen LogP contribution in [0.2, 0.25) is 0 Å². The molecule has 1 fully saturated rings. The Morgan fingerprint density at radius 2 is 2.11 bits per heavy atom. The van der Waals surface area contributed by atoms with E-state index < -0.39 is 0 Å². The standard InChI is InChI=1S/C13H21N3OS.ClH/c1-9-12(18-10(2)16-9)5-8-15-13(17)11-3-6-14-7-4-11;/h11,14H,3-8H2,1-2H3,(H,15,17);1H. The summed E-state index contributed by atoms with van der Waals surface area (Å²) in [5.74, 6) is 0.422. The van der Waals surface area contributed by atoms with Gasteiger partial charge in [-0.05, 0) is 39.8 Å². The Hall–Kier alpha value is -0.650. The van der Waals surface area contributed by atoms with E-state index in [2.05, 4.69) is 15.6 Å². The van der Waals surface area contributed by atoms with E-state index in [1.807, 2.05) is 13.8 Å². The van der Waals surface area contributed by atoms with E-state index in [1.165, 1.54) is 4.88 Å². The quantitative estimate of drug-likeness (QED) is 0.892. The molecule has 4 nitrogen and oxygen atoms in total. The largest absolute Gasteiger partial charge is 0.355 e. The lowest BCUT2D eigenvalue weighted by Crippen LogP contribution is -2.38. The summed E-state index contributed by atoms with van der Waals surface area (Å²) in [5.41, 5.74) is 1.11. The molecule has 2 N–H and O–H groups in total. The number of hydrogen-bond acceptors (Lipinski definition) is 4. The van der Waals surface area contributed by atoms with Crippen molar-refractivity contribution < 1.29 is 4.79 Å². The molecule has 0 atom stereocenters. The van der Waals surface area contributed by atoms with Crippen LogP contribution in [0.4, 0.5) is 0 Å². The maximum Gasteiger partial charge on any atom is 0.223 e. The van der Waals surface area contributed by atoms with Gasteiger partial charge in [-0.2, -0.15) is 0 Å². The van der Waals surface area contributed by atoms with Crippen molar-refractivity contribution in [2.75, 3.05) is 19.6 Å². The van der Waals surface area contributed by atoms with Crippen molar-refractivity contribution in [3.8, 4) is 0 Å². The molecule has 1 saturated heterocycles. The summed E-state index contributed by atoms with van der Waals surface area (Å²) in [6, 6.07) is 0. The van der Waals surface area contributed by atoms with E-state index in [9.17, 15) is 4.79 Å². The van der Waals surface area contributed by atoms with Gasteiger partial charge in [-0.15, -0.1) is 23.7 Å². The third-order valence-corrected chi connectivity index (χ3v) is 4.49. The molecule has 6 heteroatoms. The topological polar surface area (TPSA) is 54.0 Å². The van der Waals surface area contributed by atoms with Gasteiger partial charge in [0.2, 0.25) is 5.91 Å². The highest BCUT2D eigenvalue weighted by Gasteiger charge is 2.20. The number of nitrogens with one attached hydrogen (secondary N) is 2. The number of rotatable bonds is 4. The van der Waals surface area contributed by atoms with Crippen molar-refractivity contribution in [1.82, 2.24) is 15.6 Å². The molecule has 1 aliphatic heterocycles. The van der Waals surface area contributed by atoms with Crippen LogP contribution in [0.25, 0.3) is 0 Å². The normalized spacial score (nSPS) is 15.9. The van der Waals surface area contributed by atoms with Gasteiger partial charge in [-0.1, -0.05) is 0 Å². The summed E-state index contributed by atoms with van der Waals surface area (Å²) < 4.78 is 0. The first-order chi connectivity index (χ1) is 8.66. The molecule has 0 radical (unpaired) electrons. The van der Waals surface area contributed by atoms with Crippen molar-refractivity contribution in [2.24, 2.45) is 5.92 Å². The van der Waals surface area contributed by atoms with Crippen LogP contribution in [-0.4, -0.2) is 30.5 Å². The summed E-state index contributed by atoms with van der Waals surface area (Å²) in [5, 5.41) is 7.43. The second-order valence-corrected chi connectivity index (χ2v) is 6.09. The Bertz CT molecular complexity index is 416. The van der Waals surface area contributed by atoms with Gasteiger partial charge in [0.1, 0.15) is 0 Å². The molecule has 0 saturated carbocycles. The second kappa shape index (κ2) is 7.82. The SMILES string of the molecule is Cc1nc(C)c(CCNC(=O)C2CCNCC2)s1.Cl. The van der Waals surface area contributed by atoms with Gasteiger partial charge in [0.25, 0.3) is 0 Å². The number of nitrogens with zero attached hydrogens (tertiary/aromatic N) is 1. The van der Waals surface area contributed by atoms with Crippen molar-refractivity contribution in [3.05, 3.63) is 15.6 Å². The minimum absolute atomic E-state index is 0. The minimum Gasteiger partial charge on any atom is -0.355 e. The molecule has 19 heavy (non-hydrogen) atoms. The van der Waals surface area contributed by atoms with Crippen molar-refractivity contribution >= 4 is 29.7 Å². The van der Waals surface area contributed by atoms with Crippen molar-refractivity contribution in [1.29, 1.82) is 0 Å². The Balaban J connectivity index is 0.00000180. The number of carbonyl (C=O) groups excluding carboxylic acids is 1. The third-order valence-electron chi connectivity index (χ3n) is 3.36. The molecule has 0 aliphatic carbocycles. The van der Waals surface area contributed by atoms with Crippen LogP contribution < -0.4 is 10.6 Å². The van der Waals surface area contributed by atoms with Gasteiger partial charge in [0.05, 0.1) is 10.7 Å². The molecular weight excluding hydrogens is 282 g/mol. The van der Waals surface area contributed by atoms with Crippen molar-refractivity contribution in [2.45, 2.75) is 33.1 Å². The molecule has 108 valence electrons. The van der Waals surface area contributed by atoms with Gasteiger partial charge in [0, 0.05) is 23.8 Å². The molecule has 0 unspecified atom stereocenters. The average Bonchev–Trinajstić information content (AvgIpc) is 2.69. The van der Waals surface area contributed by atoms with Crippen LogP contribution in [0.15, 0.2) is 0 Å². The number of halogens is 1. The van der Waals surface area contributed by atoms with Crippen LogP contribution in [-0.2, 0) is 11.2 Å². The van der Waals surface area contributed by atoms with Crippen LogP contribution in [0.3, 0.4) is 0 Å². The molecule has 2 heterocycles. The first-order valence-corrected chi connectivity index (χ1v) is 7.40. The highest BCUT2D eigenvalue weighted by molar-refractivity contribution is 7.11. The maximum atomic E-state index is 11.9. The second-order valence-electron chi connectivity index (χ2n) is 4.81. The van der Waals surface area contributed by atoms with E-state index in [-0.39, 0.29) is 24.2 Å². The highest BCUT2D eigenvalue weighted by Crippen LogP contribution is 2.17. The first kappa shape index (κ1) is 16.4. The van der Waals surface area contributed by atoms with E-state index >= 15 is 0 Å². The zero-order valence-electron chi connectivity index (χ0n) is 11.5. The fourth-order valence-corrected chi connectivity index (χ4v) is 3.27. The summed E-state index contributed by atoms with van der Waals surface area (Å²) in [6.07, 6.45) is 2.82. The molecule has 1 aliphatic rings. The van der Waals surface area contributed by atoms with E-state index in [0.717, 1.165) is 49.6 Å². The molecule has 1 amide bonds. The van der Waals surface area contributed by atoms with Gasteiger partial charge in [0.15, 0.2) is 0 Å². The third kappa shape index (κ3) is 4.75. The zero-order chi connectivity index (χ0) is 13.0. The molecule has 1 aromatic heterocycles. The Morgan fingerprint density at radius 1 is 1.42 bits per heavy atom. The number of aryl methyl sites for hydroxylation is 2. The highest BCUT2D eigenvalue weighted by atomic mass is 35.5. The van der Waals surface area contributed by atoms with Gasteiger partial charge < -0.3 is 10.6 Å². The predicted molar refractivity (Wildman–Crippen MR) is 81.1 cm³/mol. The summed E-state index contributed by atoms with van der Waals surface area (Å²) >= 11 is 1.73. The Kier molecular flexibility index (Phi) is 6.75. The number of piperidine rings is 1. The fourth-order valence-electron chi connectivity index (χ4n) is 2.33. The van der Waals surface area contributed by atoms with Gasteiger partial charge in [-0.3, -0.25) is 4.79 Å². The van der Waals surface area contributed by atoms with E-state index in [4.69, 9.17) is 0 Å². The fraction of sp³-hybridized carbons (Fsp3) is 0.692. The Labute approximate surface area is 124 Å². The van der Waals surface area contributed by atoms with E-state index in [0.29, 0.717) is 0 Å². The molecule has 0 spiro atoms. The first-order valence-electron chi connectivity index (χ1n) is 6.58. The summed E-state index contributed by atoms with van der Waals surface area (Å²) in [4.78, 5) is 17.6. The average molecular weight is 304 g/mol. The lowest BCUT2D eigenvalue weighted by atomic mass is 9.97.